The van der Waals surface area contributed by atoms with Gasteiger partial charge in [0.05, 0.1) is 41.6 Å². The highest BCUT2D eigenvalue weighted by molar-refractivity contribution is 5.90. The molecule has 170 valence electrons. The molecule has 2 amide bonds. The summed E-state index contributed by atoms with van der Waals surface area (Å²) in [6, 6.07) is 13.7. The summed E-state index contributed by atoms with van der Waals surface area (Å²) in [4.78, 5) is 26.6. The second kappa shape index (κ2) is 8.66. The monoisotopic (exact) mass is 457 g/mol. The maximum absolute atomic E-state index is 13.2. The molecule has 3 heterocycles. The Morgan fingerprint density at radius 1 is 1.32 bits per heavy atom. The number of nitrogens with zero attached hydrogens (tertiary/aromatic N) is 6. The molecule has 1 atom stereocenters. The highest BCUT2D eigenvalue weighted by Crippen LogP contribution is 2.33. The molecule has 0 aliphatic carbocycles. The van der Waals surface area contributed by atoms with Gasteiger partial charge in [0.1, 0.15) is 6.04 Å². The van der Waals surface area contributed by atoms with E-state index >= 15 is 0 Å². The first-order valence-corrected chi connectivity index (χ1v) is 10.2. The molecule has 0 spiro atoms. The molecule has 12 heteroatoms. The fourth-order valence-electron chi connectivity index (χ4n) is 3.78. The number of aromatic amines is 1. The van der Waals surface area contributed by atoms with Gasteiger partial charge in [-0.1, -0.05) is 23.4 Å². The van der Waals surface area contributed by atoms with E-state index in [2.05, 4.69) is 25.4 Å². The van der Waals surface area contributed by atoms with Gasteiger partial charge in [-0.25, -0.2) is 9.78 Å². The lowest BCUT2D eigenvalue weighted by Gasteiger charge is -2.32. The van der Waals surface area contributed by atoms with Crippen LogP contribution in [0.1, 0.15) is 28.9 Å². The fraction of sp³-hybridized carbons (Fsp3) is 0.136. The normalized spacial score (nSPS) is 14.9. The number of H-pyrrole nitrogens is 1. The van der Waals surface area contributed by atoms with Gasteiger partial charge in [-0.3, -0.25) is 5.21 Å². The molecule has 4 aromatic rings. The molecule has 34 heavy (non-hydrogen) atoms. The van der Waals surface area contributed by atoms with Crippen molar-refractivity contribution in [2.75, 3.05) is 10.5 Å². The van der Waals surface area contributed by atoms with E-state index in [4.69, 9.17) is 15.0 Å². The first-order valence-electron chi connectivity index (χ1n) is 10.2. The van der Waals surface area contributed by atoms with Crippen molar-refractivity contribution in [3.8, 4) is 17.5 Å². The number of hydrogen-bond acceptors (Lipinski definition) is 9. The van der Waals surface area contributed by atoms with E-state index in [1.165, 1.54) is 12.1 Å². The summed E-state index contributed by atoms with van der Waals surface area (Å²) < 4.78 is 5.50. The number of rotatable bonds is 4. The number of benzene rings is 2. The Balaban J connectivity index is 1.45. The van der Waals surface area contributed by atoms with Crippen molar-refractivity contribution < 1.29 is 14.5 Å². The van der Waals surface area contributed by atoms with Gasteiger partial charge < -0.3 is 30.2 Å². The van der Waals surface area contributed by atoms with Gasteiger partial charge >= 0.3 is 6.03 Å². The predicted octanol–water partition coefficient (Wildman–Crippen LogP) is 3.36. The van der Waals surface area contributed by atoms with Gasteiger partial charge in [0.25, 0.3) is 0 Å². The zero-order valence-electron chi connectivity index (χ0n) is 17.5. The SMILES string of the molecule is N#Cc1cccc(NC(=O)N2Cc3[nH]cnc3CC2c2nc(-c3cccc(N([O-])O)c3)no2)c1. The van der Waals surface area contributed by atoms with Crippen molar-refractivity contribution in [3.05, 3.63) is 82.9 Å². The Hall–Kier alpha value is -4.73. The van der Waals surface area contributed by atoms with Gasteiger partial charge in [0.15, 0.2) is 0 Å². The summed E-state index contributed by atoms with van der Waals surface area (Å²) in [5.41, 5.74) is 2.96. The first kappa shape index (κ1) is 21.1. The summed E-state index contributed by atoms with van der Waals surface area (Å²) in [6.07, 6.45) is 1.91. The first-order chi connectivity index (χ1) is 16.5. The fourth-order valence-corrected chi connectivity index (χ4v) is 3.78. The molecule has 0 bridgehead atoms. The molecule has 5 rings (SSSR count). The third-order valence-corrected chi connectivity index (χ3v) is 5.45. The molecule has 3 N–H and O–H groups in total. The number of hydrogen-bond donors (Lipinski definition) is 3. The van der Waals surface area contributed by atoms with Gasteiger partial charge in [-0.15, -0.1) is 0 Å². The minimum atomic E-state index is -0.603. The van der Waals surface area contributed by atoms with Crippen molar-refractivity contribution in [1.29, 1.82) is 5.26 Å². The lowest BCUT2D eigenvalue weighted by Crippen LogP contribution is -2.41. The van der Waals surface area contributed by atoms with Crippen molar-refractivity contribution in [2.45, 2.75) is 19.0 Å². The van der Waals surface area contributed by atoms with Gasteiger partial charge in [-0.2, -0.15) is 10.2 Å². The number of carbonyl (C=O) groups is 1. The topological polar surface area (TPSA) is 170 Å². The molecule has 0 radical (unpaired) electrons. The lowest BCUT2D eigenvalue weighted by molar-refractivity contribution is 0.155. The second-order valence-corrected chi connectivity index (χ2v) is 7.58. The number of anilines is 2. The molecule has 12 nitrogen and oxygen atoms in total. The Morgan fingerprint density at radius 3 is 3.00 bits per heavy atom. The van der Waals surface area contributed by atoms with Crippen LogP contribution in [0.15, 0.2) is 59.4 Å². The summed E-state index contributed by atoms with van der Waals surface area (Å²) in [6.45, 7) is 0.229. The molecule has 2 aromatic heterocycles. The third kappa shape index (κ3) is 4.04. The van der Waals surface area contributed by atoms with Crippen LogP contribution in [0.25, 0.3) is 11.4 Å². The number of imidazole rings is 1. The van der Waals surface area contributed by atoms with Gasteiger partial charge in [-0.05, 0) is 30.3 Å². The molecule has 0 saturated heterocycles. The van der Waals surface area contributed by atoms with Crippen LogP contribution >= 0.6 is 0 Å². The van der Waals surface area contributed by atoms with Crippen LogP contribution in [0, 0.1) is 16.5 Å². The van der Waals surface area contributed by atoms with Crippen LogP contribution < -0.4 is 10.5 Å². The van der Waals surface area contributed by atoms with E-state index in [1.807, 2.05) is 6.07 Å². The van der Waals surface area contributed by atoms with Crippen LogP contribution in [-0.2, 0) is 13.0 Å². The number of fused-ring (bicyclic) bond motifs is 1. The molecule has 2 aromatic carbocycles. The highest BCUT2D eigenvalue weighted by atomic mass is 16.8. The quantitative estimate of drug-likeness (QED) is 0.389. The van der Waals surface area contributed by atoms with E-state index < -0.39 is 12.1 Å². The van der Waals surface area contributed by atoms with Crippen molar-refractivity contribution in [2.24, 2.45) is 0 Å². The third-order valence-electron chi connectivity index (χ3n) is 5.45. The number of nitriles is 1. The lowest BCUT2D eigenvalue weighted by atomic mass is 10.0. The summed E-state index contributed by atoms with van der Waals surface area (Å²) >= 11 is 0. The maximum atomic E-state index is 13.2. The largest absolute Gasteiger partial charge is 0.733 e. The van der Waals surface area contributed by atoms with E-state index in [-0.39, 0.29) is 29.2 Å². The standard InChI is InChI=1S/C22H17N8O4/c23-10-13-3-1-5-15(7-13)26-22(31)29-11-18-17(24-12-25-18)9-19(29)21-27-20(28-34-21)14-4-2-6-16(8-14)30(32)33/h1-8,12,19,32H,9,11H2,(H,24,25)(H,26,31)/q-1. The van der Waals surface area contributed by atoms with Gasteiger partial charge in [0, 0.05) is 17.7 Å². The van der Waals surface area contributed by atoms with Crippen molar-refractivity contribution in [3.63, 3.8) is 0 Å². The second-order valence-electron chi connectivity index (χ2n) is 7.58. The maximum Gasteiger partial charge on any atom is 0.322 e. The number of aromatic nitrogens is 4. The zero-order valence-corrected chi connectivity index (χ0v) is 17.5. The average molecular weight is 457 g/mol. The van der Waals surface area contributed by atoms with Crippen molar-refractivity contribution >= 4 is 17.4 Å². The Bertz CT molecular complexity index is 1390. The molecule has 1 aliphatic heterocycles. The minimum absolute atomic E-state index is 0.0169. The molecule has 0 saturated carbocycles. The molecule has 0 fully saturated rings. The summed E-state index contributed by atoms with van der Waals surface area (Å²) in [7, 11) is 0. The predicted molar refractivity (Wildman–Crippen MR) is 118 cm³/mol. The van der Waals surface area contributed by atoms with Crippen LogP contribution in [0.4, 0.5) is 16.2 Å². The van der Waals surface area contributed by atoms with Crippen LogP contribution in [-0.4, -0.2) is 36.2 Å². The van der Waals surface area contributed by atoms with E-state index in [0.717, 1.165) is 11.4 Å². The zero-order chi connectivity index (χ0) is 23.7. The number of nitrogens with one attached hydrogen (secondary N) is 2. The smallest absolute Gasteiger partial charge is 0.322 e. The molecule has 1 unspecified atom stereocenters. The number of amides is 2. The Kier molecular flexibility index (Phi) is 5.38. The van der Waals surface area contributed by atoms with Crippen LogP contribution in [0.5, 0.6) is 0 Å². The number of urea groups is 1. The van der Waals surface area contributed by atoms with Crippen molar-refractivity contribution in [1.82, 2.24) is 25.0 Å². The molecular weight excluding hydrogens is 440 g/mol. The minimum Gasteiger partial charge on any atom is -0.733 e. The average Bonchev–Trinajstić information content (AvgIpc) is 3.53. The van der Waals surface area contributed by atoms with Crippen LogP contribution in [0.2, 0.25) is 0 Å². The number of carbonyl (C=O) groups excluding carboxylic acids is 1. The van der Waals surface area contributed by atoms with E-state index in [0.29, 0.717) is 23.2 Å². The Labute approximate surface area is 192 Å². The van der Waals surface area contributed by atoms with E-state index in [1.54, 1.807) is 47.6 Å². The summed E-state index contributed by atoms with van der Waals surface area (Å²) in [5, 5.41) is 36.0. The molecule has 1 aliphatic rings. The summed E-state index contributed by atoms with van der Waals surface area (Å²) in [5.74, 6) is 0.395. The van der Waals surface area contributed by atoms with E-state index in [9.17, 15) is 10.0 Å². The molecular formula is C22H17N8O4-. The van der Waals surface area contributed by atoms with Crippen LogP contribution in [0.3, 0.4) is 0 Å². The van der Waals surface area contributed by atoms with Gasteiger partial charge in [0.2, 0.25) is 11.7 Å². The Morgan fingerprint density at radius 2 is 2.18 bits per heavy atom. The highest BCUT2D eigenvalue weighted by Gasteiger charge is 2.36.